The first-order valence-corrected chi connectivity index (χ1v) is 9.88. The zero-order valence-electron chi connectivity index (χ0n) is 16.6. The molecule has 0 aromatic carbocycles. The van der Waals surface area contributed by atoms with E-state index in [2.05, 4.69) is 31.3 Å². The molecule has 0 saturated heterocycles. The van der Waals surface area contributed by atoms with Gasteiger partial charge in [-0.25, -0.2) is 14.8 Å². The number of H-pyrrole nitrogens is 2. The number of nitriles is 1. The van der Waals surface area contributed by atoms with Gasteiger partial charge in [-0.15, -0.1) is 0 Å². The highest BCUT2D eigenvalue weighted by molar-refractivity contribution is 6.00. The Balaban J connectivity index is 0.000000216. The van der Waals surface area contributed by atoms with Gasteiger partial charge in [-0.3, -0.25) is 0 Å². The molecule has 3 aromatic rings. The Kier molecular flexibility index (Phi) is 8.28. The zero-order chi connectivity index (χ0) is 20.4. The minimum atomic E-state index is -0.574. The number of nitrogens with one attached hydrogen (secondary N) is 3. The molecule has 3 heterocycles. The molecule has 8 heteroatoms. The maximum atomic E-state index is 10.6. The van der Waals surface area contributed by atoms with Crippen LogP contribution in [0.3, 0.4) is 0 Å². The SMILES string of the molecule is CC.N#CCC1CCCCC1.NC(=O)NCc1nc2c(cnc3[nH]ccc32)[nH]1. The lowest BCUT2D eigenvalue weighted by Crippen LogP contribution is -2.29. The monoisotopic (exact) mass is 383 g/mol. The molecular formula is C20H29N7O. The standard InChI is InChI=1S/C10H10N6O.C8H13N.C2H6/c11-10(17)14-4-7-15-6-3-13-9-5(1-2-12-9)8(6)16-7;9-7-6-8-4-2-1-3-5-8;1-2/h1-3H,4H2,(H,12,13)(H,15,16)(H3,11,14,17);8H,1-6H2;1-2H3. The van der Waals surface area contributed by atoms with Crippen molar-refractivity contribution in [3.63, 3.8) is 0 Å². The first-order valence-electron chi connectivity index (χ1n) is 9.88. The van der Waals surface area contributed by atoms with Crippen LogP contribution in [0.1, 0.15) is 58.2 Å². The number of rotatable bonds is 3. The molecule has 0 radical (unpaired) electrons. The molecule has 0 atom stereocenters. The molecule has 4 rings (SSSR count). The number of primary amides is 1. The zero-order valence-corrected chi connectivity index (χ0v) is 16.6. The smallest absolute Gasteiger partial charge is 0.312 e. The van der Waals surface area contributed by atoms with E-state index in [1.54, 1.807) is 6.20 Å². The molecule has 1 aliphatic rings. The molecule has 8 nitrogen and oxygen atoms in total. The van der Waals surface area contributed by atoms with Gasteiger partial charge in [0.1, 0.15) is 17.0 Å². The molecule has 1 saturated carbocycles. The van der Waals surface area contributed by atoms with E-state index in [1.165, 1.54) is 32.1 Å². The third kappa shape index (κ3) is 5.71. The summed E-state index contributed by atoms with van der Waals surface area (Å²) in [5, 5.41) is 11.8. The number of pyridine rings is 1. The van der Waals surface area contributed by atoms with Gasteiger partial charge in [0, 0.05) is 18.0 Å². The summed E-state index contributed by atoms with van der Waals surface area (Å²) in [7, 11) is 0. The third-order valence-electron chi connectivity index (χ3n) is 4.62. The predicted octanol–water partition coefficient (Wildman–Crippen LogP) is 4.11. The second-order valence-electron chi connectivity index (χ2n) is 6.53. The number of imidazole rings is 1. The normalized spacial score (nSPS) is 13.8. The van der Waals surface area contributed by atoms with Crippen molar-refractivity contribution < 1.29 is 4.79 Å². The third-order valence-corrected chi connectivity index (χ3v) is 4.62. The number of aromatic nitrogens is 4. The summed E-state index contributed by atoms with van der Waals surface area (Å²) in [4.78, 5) is 25.3. The molecule has 0 bridgehead atoms. The number of carbonyl (C=O) groups is 1. The van der Waals surface area contributed by atoms with Crippen LogP contribution in [-0.4, -0.2) is 26.0 Å². The molecule has 2 amide bonds. The summed E-state index contributed by atoms with van der Waals surface area (Å²) < 4.78 is 0. The minimum Gasteiger partial charge on any atom is -0.352 e. The fraction of sp³-hybridized carbons (Fsp3) is 0.500. The number of carbonyl (C=O) groups excluding carboxylic acids is 1. The Labute approximate surface area is 164 Å². The van der Waals surface area contributed by atoms with Gasteiger partial charge in [0.25, 0.3) is 0 Å². The van der Waals surface area contributed by atoms with E-state index in [1.807, 2.05) is 26.1 Å². The Hall–Kier alpha value is -3.08. The Bertz CT molecular complexity index is 916. The Morgan fingerprint density at radius 3 is 2.79 bits per heavy atom. The summed E-state index contributed by atoms with van der Waals surface area (Å²) >= 11 is 0. The number of amides is 2. The molecule has 5 N–H and O–H groups in total. The largest absolute Gasteiger partial charge is 0.352 e. The van der Waals surface area contributed by atoms with Crippen LogP contribution in [0.4, 0.5) is 4.79 Å². The average Bonchev–Trinajstić information content (AvgIpc) is 3.35. The number of nitrogens with zero attached hydrogens (tertiary/aromatic N) is 3. The number of hydrogen-bond donors (Lipinski definition) is 4. The summed E-state index contributed by atoms with van der Waals surface area (Å²) in [6, 6.07) is 3.58. The van der Waals surface area contributed by atoms with Gasteiger partial charge in [0.05, 0.1) is 24.3 Å². The van der Waals surface area contributed by atoms with E-state index >= 15 is 0 Å². The van der Waals surface area contributed by atoms with Crippen LogP contribution in [-0.2, 0) is 6.54 Å². The van der Waals surface area contributed by atoms with Crippen molar-refractivity contribution >= 4 is 28.1 Å². The highest BCUT2D eigenvalue weighted by Crippen LogP contribution is 2.25. The number of aromatic amines is 2. The van der Waals surface area contributed by atoms with Crippen molar-refractivity contribution in [3.8, 4) is 6.07 Å². The van der Waals surface area contributed by atoms with Crippen molar-refractivity contribution in [1.82, 2.24) is 25.3 Å². The van der Waals surface area contributed by atoms with Gasteiger partial charge in [-0.05, 0) is 24.8 Å². The van der Waals surface area contributed by atoms with Crippen LogP contribution >= 0.6 is 0 Å². The van der Waals surface area contributed by atoms with Crippen molar-refractivity contribution in [2.24, 2.45) is 11.7 Å². The molecule has 28 heavy (non-hydrogen) atoms. The van der Waals surface area contributed by atoms with Gasteiger partial charge in [0.15, 0.2) is 0 Å². The summed E-state index contributed by atoms with van der Waals surface area (Å²) in [6.07, 6.45) is 11.0. The molecular weight excluding hydrogens is 354 g/mol. The lowest BCUT2D eigenvalue weighted by atomic mass is 9.87. The van der Waals surface area contributed by atoms with Gasteiger partial charge in [-0.2, -0.15) is 5.26 Å². The fourth-order valence-corrected chi connectivity index (χ4v) is 3.30. The predicted molar refractivity (Wildman–Crippen MR) is 110 cm³/mol. The lowest BCUT2D eigenvalue weighted by molar-refractivity contribution is 0.248. The van der Waals surface area contributed by atoms with Crippen LogP contribution in [0.2, 0.25) is 0 Å². The van der Waals surface area contributed by atoms with Gasteiger partial charge in [0.2, 0.25) is 0 Å². The number of urea groups is 1. The number of fused-ring (bicyclic) bond motifs is 3. The first kappa shape index (κ1) is 21.2. The topological polar surface area (TPSA) is 136 Å². The van der Waals surface area contributed by atoms with E-state index in [-0.39, 0.29) is 6.54 Å². The second kappa shape index (κ2) is 10.9. The first-order chi connectivity index (χ1) is 13.7. The molecule has 3 aromatic heterocycles. The summed E-state index contributed by atoms with van der Waals surface area (Å²) in [5.41, 5.74) is 7.45. The molecule has 1 fully saturated rings. The molecule has 0 unspecified atom stereocenters. The molecule has 0 spiro atoms. The highest BCUT2D eigenvalue weighted by Gasteiger charge is 2.11. The fourth-order valence-electron chi connectivity index (χ4n) is 3.30. The number of nitrogens with two attached hydrogens (primary N) is 1. The van der Waals surface area contributed by atoms with Crippen molar-refractivity contribution in [3.05, 3.63) is 24.3 Å². The Morgan fingerprint density at radius 2 is 2.11 bits per heavy atom. The minimum absolute atomic E-state index is 0.274. The van der Waals surface area contributed by atoms with E-state index in [0.29, 0.717) is 5.82 Å². The molecule has 0 aliphatic heterocycles. The van der Waals surface area contributed by atoms with Gasteiger partial charge >= 0.3 is 6.03 Å². The second-order valence-corrected chi connectivity index (χ2v) is 6.53. The van der Waals surface area contributed by atoms with E-state index < -0.39 is 6.03 Å². The van der Waals surface area contributed by atoms with Crippen LogP contribution in [0.15, 0.2) is 18.5 Å². The lowest BCUT2D eigenvalue weighted by Gasteiger charge is -2.17. The maximum Gasteiger partial charge on any atom is 0.312 e. The molecule has 1 aliphatic carbocycles. The quantitative estimate of drug-likeness (QED) is 0.541. The van der Waals surface area contributed by atoms with Gasteiger partial charge < -0.3 is 21.0 Å². The maximum absolute atomic E-state index is 10.6. The van der Waals surface area contributed by atoms with Crippen molar-refractivity contribution in [1.29, 1.82) is 5.26 Å². The Morgan fingerprint density at radius 1 is 1.36 bits per heavy atom. The average molecular weight is 384 g/mol. The van der Waals surface area contributed by atoms with Crippen LogP contribution in [0.25, 0.3) is 22.1 Å². The van der Waals surface area contributed by atoms with Crippen LogP contribution in [0.5, 0.6) is 0 Å². The number of hydrogen-bond acceptors (Lipinski definition) is 4. The van der Waals surface area contributed by atoms with E-state index in [9.17, 15) is 4.79 Å². The summed E-state index contributed by atoms with van der Waals surface area (Å²) in [5.74, 6) is 1.39. The molecule has 150 valence electrons. The van der Waals surface area contributed by atoms with E-state index in [4.69, 9.17) is 11.0 Å². The van der Waals surface area contributed by atoms with Gasteiger partial charge in [-0.1, -0.05) is 33.1 Å². The van der Waals surface area contributed by atoms with E-state index in [0.717, 1.165) is 34.4 Å². The summed E-state index contributed by atoms with van der Waals surface area (Å²) in [6.45, 7) is 4.27. The van der Waals surface area contributed by atoms with Crippen molar-refractivity contribution in [2.45, 2.75) is 58.9 Å². The van der Waals surface area contributed by atoms with Crippen molar-refractivity contribution in [2.75, 3.05) is 0 Å². The van der Waals surface area contributed by atoms with Crippen LogP contribution < -0.4 is 11.1 Å². The van der Waals surface area contributed by atoms with Crippen LogP contribution in [0, 0.1) is 17.2 Å². The highest BCUT2D eigenvalue weighted by atomic mass is 16.2.